The van der Waals surface area contributed by atoms with Crippen LogP contribution in [0, 0.1) is 16.2 Å². The summed E-state index contributed by atoms with van der Waals surface area (Å²) in [6, 6.07) is 0. The molecule has 0 aromatic rings. The lowest BCUT2D eigenvalue weighted by Crippen LogP contribution is -2.54. The highest BCUT2D eigenvalue weighted by atomic mass is 19.4. The van der Waals surface area contributed by atoms with Crippen molar-refractivity contribution in [3.8, 4) is 0 Å². The summed E-state index contributed by atoms with van der Waals surface area (Å²) in [5.74, 6) is -6.91. The van der Waals surface area contributed by atoms with E-state index >= 15 is 0 Å². The predicted molar refractivity (Wildman–Crippen MR) is 106 cm³/mol. The van der Waals surface area contributed by atoms with E-state index in [1.807, 2.05) is 41.5 Å². The van der Waals surface area contributed by atoms with Crippen molar-refractivity contribution in [2.75, 3.05) is 6.61 Å². The van der Waals surface area contributed by atoms with Gasteiger partial charge in [-0.15, -0.1) is 0 Å². The molecule has 0 amide bonds. The number of rotatable bonds is 6. The minimum absolute atomic E-state index is 0.313. The molecule has 0 saturated heterocycles. The van der Waals surface area contributed by atoms with Gasteiger partial charge in [0, 0.05) is 0 Å². The lowest BCUT2D eigenvalue weighted by atomic mass is 9.55. The highest BCUT2D eigenvalue weighted by Gasteiger charge is 2.59. The quantitative estimate of drug-likeness (QED) is 0.339. The van der Waals surface area contributed by atoms with E-state index in [2.05, 4.69) is 4.74 Å². The number of halogens is 5. The first-order valence-electron chi connectivity index (χ1n) is 10.5. The molecule has 0 aromatic carbocycles. The summed E-state index contributed by atoms with van der Waals surface area (Å²) in [6.07, 6.45) is -3.62. The van der Waals surface area contributed by atoms with E-state index in [4.69, 9.17) is 4.74 Å². The molecule has 0 heterocycles. The van der Waals surface area contributed by atoms with Crippen molar-refractivity contribution >= 4 is 11.9 Å². The fraction of sp³-hybridized carbons (Fsp3) is 0.909. The largest absolute Gasteiger partial charge is 0.459 e. The number of alkyl halides is 5. The smallest absolute Gasteiger partial charge is 0.456 e. The topological polar surface area (TPSA) is 52.6 Å². The normalized spacial score (nSPS) is 18.5. The van der Waals surface area contributed by atoms with E-state index in [1.165, 1.54) is 0 Å². The second kappa shape index (κ2) is 8.85. The van der Waals surface area contributed by atoms with Gasteiger partial charge in [-0.25, -0.2) is 0 Å². The van der Waals surface area contributed by atoms with Gasteiger partial charge in [0.25, 0.3) is 0 Å². The third-order valence-electron chi connectivity index (χ3n) is 6.78. The molecular formula is C22H35F5O4. The molecule has 182 valence electrons. The summed E-state index contributed by atoms with van der Waals surface area (Å²) in [4.78, 5) is 25.6. The van der Waals surface area contributed by atoms with Crippen LogP contribution in [0.5, 0.6) is 0 Å². The van der Waals surface area contributed by atoms with E-state index in [1.54, 1.807) is 6.92 Å². The molecular weight excluding hydrogens is 423 g/mol. The van der Waals surface area contributed by atoms with Crippen molar-refractivity contribution in [1.29, 1.82) is 0 Å². The molecule has 0 radical (unpaired) electrons. The van der Waals surface area contributed by atoms with E-state index < -0.39 is 58.9 Å². The van der Waals surface area contributed by atoms with Crippen molar-refractivity contribution in [2.45, 2.75) is 105 Å². The molecule has 4 nitrogen and oxygen atoms in total. The van der Waals surface area contributed by atoms with Crippen LogP contribution in [-0.4, -0.2) is 36.2 Å². The number of ether oxygens (including phenoxy) is 2. The van der Waals surface area contributed by atoms with Crippen molar-refractivity contribution < 1.29 is 41.0 Å². The maximum Gasteiger partial charge on any atom is 0.456 e. The fourth-order valence-electron chi connectivity index (χ4n) is 4.11. The average molecular weight is 459 g/mol. The number of carbonyl (C=O) groups excluding carboxylic acids is 2. The van der Waals surface area contributed by atoms with Crippen LogP contribution in [0.4, 0.5) is 22.0 Å². The van der Waals surface area contributed by atoms with Gasteiger partial charge in [0.1, 0.15) is 5.60 Å². The van der Waals surface area contributed by atoms with Gasteiger partial charge >= 0.3 is 24.0 Å². The first-order chi connectivity index (χ1) is 13.7. The summed E-state index contributed by atoms with van der Waals surface area (Å²) in [7, 11) is 0. The van der Waals surface area contributed by atoms with Gasteiger partial charge in [0.05, 0.1) is 11.8 Å². The first kappa shape index (κ1) is 27.6. The molecule has 1 fully saturated rings. The molecule has 0 N–H and O–H groups in total. The summed E-state index contributed by atoms with van der Waals surface area (Å²) in [6.45, 7) is 11.1. The Morgan fingerprint density at radius 2 is 1.26 bits per heavy atom. The van der Waals surface area contributed by atoms with E-state index in [0.29, 0.717) is 25.7 Å². The molecule has 1 rings (SSSR count). The Bertz CT molecular complexity index is 636. The van der Waals surface area contributed by atoms with Crippen molar-refractivity contribution in [1.82, 2.24) is 0 Å². The number of carbonyl (C=O) groups is 2. The number of hydrogen-bond donors (Lipinski definition) is 0. The molecule has 1 aliphatic rings. The minimum Gasteiger partial charge on any atom is -0.459 e. The summed E-state index contributed by atoms with van der Waals surface area (Å²) in [5.41, 5.74) is -3.25. The monoisotopic (exact) mass is 458 g/mol. The molecule has 0 aromatic heterocycles. The maximum atomic E-state index is 13.4. The average Bonchev–Trinajstić information content (AvgIpc) is 2.56. The third-order valence-corrected chi connectivity index (χ3v) is 6.78. The molecule has 0 unspecified atom stereocenters. The molecule has 0 aliphatic heterocycles. The van der Waals surface area contributed by atoms with Gasteiger partial charge in [-0.1, -0.05) is 48.0 Å². The van der Waals surface area contributed by atoms with Crippen LogP contribution in [0.25, 0.3) is 0 Å². The van der Waals surface area contributed by atoms with Gasteiger partial charge < -0.3 is 9.47 Å². The number of esters is 2. The van der Waals surface area contributed by atoms with E-state index in [-0.39, 0.29) is 0 Å². The van der Waals surface area contributed by atoms with Crippen LogP contribution < -0.4 is 0 Å². The van der Waals surface area contributed by atoms with E-state index in [0.717, 1.165) is 6.42 Å². The summed E-state index contributed by atoms with van der Waals surface area (Å²) >= 11 is 0. The molecule has 1 aliphatic carbocycles. The third kappa shape index (κ3) is 6.09. The van der Waals surface area contributed by atoms with Crippen LogP contribution in [0.1, 0.15) is 87.0 Å². The van der Waals surface area contributed by atoms with Crippen LogP contribution >= 0.6 is 0 Å². The first-order valence-corrected chi connectivity index (χ1v) is 10.5. The van der Waals surface area contributed by atoms with Crippen molar-refractivity contribution in [2.24, 2.45) is 16.2 Å². The Hall–Kier alpha value is -1.41. The summed E-state index contributed by atoms with van der Waals surface area (Å²) in [5, 5.41) is 0. The zero-order chi connectivity index (χ0) is 24.5. The van der Waals surface area contributed by atoms with Gasteiger partial charge in [0.2, 0.25) is 0 Å². The molecule has 0 spiro atoms. The molecule has 1 saturated carbocycles. The SMILES string of the molecule is CC(C)(C)C(C)(C(=O)OC1(CC(=O)OCC(F)(F)C(F)(F)F)CCCCC1)C(C)(C)C. The molecule has 9 heteroatoms. The Labute approximate surface area is 181 Å². The predicted octanol–water partition coefficient (Wildman–Crippen LogP) is 6.46. The van der Waals surface area contributed by atoms with Crippen molar-refractivity contribution in [3.05, 3.63) is 0 Å². The van der Waals surface area contributed by atoms with Gasteiger partial charge in [0.15, 0.2) is 6.61 Å². The van der Waals surface area contributed by atoms with Gasteiger partial charge in [-0.3, -0.25) is 9.59 Å². The second-order valence-electron chi connectivity index (χ2n) is 10.8. The molecule has 0 bridgehead atoms. The van der Waals surface area contributed by atoms with Crippen LogP contribution in [0.3, 0.4) is 0 Å². The number of hydrogen-bond acceptors (Lipinski definition) is 4. The second-order valence-corrected chi connectivity index (χ2v) is 10.8. The highest BCUT2D eigenvalue weighted by Crippen LogP contribution is 2.53. The Balaban J connectivity index is 3.07. The summed E-state index contributed by atoms with van der Waals surface area (Å²) < 4.78 is 73.4. The van der Waals surface area contributed by atoms with Crippen LogP contribution in [-0.2, 0) is 19.1 Å². The van der Waals surface area contributed by atoms with Crippen LogP contribution in [0.2, 0.25) is 0 Å². The Morgan fingerprint density at radius 3 is 1.65 bits per heavy atom. The minimum atomic E-state index is -5.82. The zero-order valence-electron chi connectivity index (χ0n) is 19.5. The fourth-order valence-corrected chi connectivity index (χ4v) is 4.11. The Morgan fingerprint density at radius 1 is 0.806 bits per heavy atom. The maximum absolute atomic E-state index is 13.4. The van der Waals surface area contributed by atoms with Gasteiger partial charge in [-0.2, -0.15) is 22.0 Å². The molecule has 31 heavy (non-hydrogen) atoms. The standard InChI is InChI=1S/C22H35F5O4/c1-17(2,3)19(7,18(4,5)6)16(29)31-20(11-9-8-10-12-20)13-15(28)30-14-21(23,24)22(25,26)27/h8-14H2,1-7H3. The Kier molecular flexibility index (Phi) is 7.89. The van der Waals surface area contributed by atoms with Crippen LogP contribution in [0.15, 0.2) is 0 Å². The van der Waals surface area contributed by atoms with Crippen molar-refractivity contribution in [3.63, 3.8) is 0 Å². The lowest BCUT2D eigenvalue weighted by Gasteiger charge is -2.50. The lowest BCUT2D eigenvalue weighted by molar-refractivity contribution is -0.294. The molecule has 0 atom stereocenters. The zero-order valence-corrected chi connectivity index (χ0v) is 19.5. The van der Waals surface area contributed by atoms with Gasteiger partial charge in [-0.05, 0) is 43.4 Å². The van der Waals surface area contributed by atoms with E-state index in [9.17, 15) is 31.5 Å². The highest BCUT2D eigenvalue weighted by molar-refractivity contribution is 5.80.